The van der Waals surface area contributed by atoms with E-state index in [1.165, 1.54) is 0 Å². The Morgan fingerprint density at radius 3 is 2.39 bits per heavy atom. The zero-order valence-electron chi connectivity index (χ0n) is 12.5. The SMILES string of the molecule is CCC(C)(C)N(C)C(=O)C1(COC)CCNCC1. The van der Waals surface area contributed by atoms with E-state index in [4.69, 9.17) is 4.74 Å². The van der Waals surface area contributed by atoms with Gasteiger partial charge in [0.1, 0.15) is 0 Å². The second kappa shape index (κ2) is 6.02. The molecular formula is C14H28N2O2. The summed E-state index contributed by atoms with van der Waals surface area (Å²) in [5, 5.41) is 3.32. The number of nitrogens with zero attached hydrogens (tertiary/aromatic N) is 1. The Morgan fingerprint density at radius 1 is 1.39 bits per heavy atom. The molecule has 0 spiro atoms. The Labute approximate surface area is 111 Å². The number of rotatable bonds is 5. The van der Waals surface area contributed by atoms with Crippen LogP contribution in [0.4, 0.5) is 0 Å². The first kappa shape index (κ1) is 15.4. The highest BCUT2D eigenvalue weighted by molar-refractivity contribution is 5.83. The molecule has 1 amide bonds. The first-order valence-electron chi connectivity index (χ1n) is 6.87. The van der Waals surface area contributed by atoms with Gasteiger partial charge in [-0.3, -0.25) is 4.79 Å². The minimum Gasteiger partial charge on any atom is -0.384 e. The molecule has 106 valence electrons. The van der Waals surface area contributed by atoms with Crippen LogP contribution in [0.3, 0.4) is 0 Å². The average Bonchev–Trinajstić information content (AvgIpc) is 2.38. The molecule has 0 aromatic carbocycles. The number of carbonyl (C=O) groups excluding carboxylic acids is 1. The number of hydrogen-bond acceptors (Lipinski definition) is 3. The van der Waals surface area contributed by atoms with Crippen LogP contribution in [0.2, 0.25) is 0 Å². The van der Waals surface area contributed by atoms with Crippen molar-refractivity contribution < 1.29 is 9.53 Å². The van der Waals surface area contributed by atoms with Crippen molar-refractivity contribution in [3.8, 4) is 0 Å². The van der Waals surface area contributed by atoms with Gasteiger partial charge >= 0.3 is 0 Å². The maximum absolute atomic E-state index is 12.8. The van der Waals surface area contributed by atoms with E-state index in [0.29, 0.717) is 6.61 Å². The van der Waals surface area contributed by atoms with Crippen molar-refractivity contribution in [2.75, 3.05) is 33.9 Å². The number of nitrogens with one attached hydrogen (secondary N) is 1. The molecule has 4 nitrogen and oxygen atoms in total. The monoisotopic (exact) mass is 256 g/mol. The molecule has 1 aliphatic rings. The van der Waals surface area contributed by atoms with Gasteiger partial charge in [0.25, 0.3) is 0 Å². The minimum atomic E-state index is -0.332. The third-order valence-corrected chi connectivity index (χ3v) is 4.51. The van der Waals surface area contributed by atoms with Gasteiger partial charge in [0, 0.05) is 19.7 Å². The lowest BCUT2D eigenvalue weighted by molar-refractivity contribution is -0.151. The molecule has 0 atom stereocenters. The highest BCUT2D eigenvalue weighted by Gasteiger charge is 2.43. The maximum Gasteiger partial charge on any atom is 0.231 e. The van der Waals surface area contributed by atoms with E-state index in [1.54, 1.807) is 7.11 Å². The maximum atomic E-state index is 12.8. The van der Waals surface area contributed by atoms with Gasteiger partial charge in [-0.2, -0.15) is 0 Å². The van der Waals surface area contributed by atoms with Crippen molar-refractivity contribution in [1.29, 1.82) is 0 Å². The summed E-state index contributed by atoms with van der Waals surface area (Å²) in [7, 11) is 3.60. The van der Waals surface area contributed by atoms with Gasteiger partial charge in [0.05, 0.1) is 12.0 Å². The van der Waals surface area contributed by atoms with E-state index in [0.717, 1.165) is 32.4 Å². The van der Waals surface area contributed by atoms with Crippen molar-refractivity contribution in [3.63, 3.8) is 0 Å². The molecule has 0 aromatic heterocycles. The van der Waals surface area contributed by atoms with E-state index in [9.17, 15) is 4.79 Å². The molecule has 1 saturated heterocycles. The number of amides is 1. The number of piperidine rings is 1. The smallest absolute Gasteiger partial charge is 0.231 e. The van der Waals surface area contributed by atoms with Crippen molar-refractivity contribution >= 4 is 5.91 Å². The first-order valence-corrected chi connectivity index (χ1v) is 6.87. The summed E-state index contributed by atoms with van der Waals surface area (Å²) in [6.07, 6.45) is 2.68. The van der Waals surface area contributed by atoms with Crippen LogP contribution in [0.25, 0.3) is 0 Å². The van der Waals surface area contributed by atoms with Crippen LogP contribution in [0.15, 0.2) is 0 Å². The molecule has 0 aliphatic carbocycles. The van der Waals surface area contributed by atoms with Crippen molar-refractivity contribution in [2.24, 2.45) is 5.41 Å². The van der Waals surface area contributed by atoms with Crippen LogP contribution in [-0.4, -0.2) is 50.2 Å². The fourth-order valence-electron chi connectivity index (χ4n) is 2.47. The minimum absolute atomic E-state index is 0.0945. The lowest BCUT2D eigenvalue weighted by Crippen LogP contribution is -2.55. The molecule has 1 fully saturated rings. The molecule has 1 N–H and O–H groups in total. The number of methoxy groups -OCH3 is 1. The van der Waals surface area contributed by atoms with Crippen LogP contribution in [0, 0.1) is 5.41 Å². The Balaban J connectivity index is 2.88. The molecule has 0 radical (unpaired) electrons. The topological polar surface area (TPSA) is 41.6 Å². The third kappa shape index (κ3) is 3.04. The average molecular weight is 256 g/mol. The Bertz CT molecular complexity index is 278. The summed E-state index contributed by atoms with van der Waals surface area (Å²) in [6, 6.07) is 0. The van der Waals surface area contributed by atoms with E-state index in [-0.39, 0.29) is 16.9 Å². The van der Waals surface area contributed by atoms with E-state index in [1.807, 2.05) is 11.9 Å². The van der Waals surface area contributed by atoms with Crippen LogP contribution >= 0.6 is 0 Å². The Kier molecular flexibility index (Phi) is 5.17. The highest BCUT2D eigenvalue weighted by atomic mass is 16.5. The highest BCUT2D eigenvalue weighted by Crippen LogP contribution is 2.33. The van der Waals surface area contributed by atoms with E-state index >= 15 is 0 Å². The molecule has 4 heteroatoms. The normalized spacial score (nSPS) is 19.6. The zero-order chi connectivity index (χ0) is 13.8. The first-order chi connectivity index (χ1) is 8.39. The van der Waals surface area contributed by atoms with Gasteiger partial charge in [0.15, 0.2) is 0 Å². The van der Waals surface area contributed by atoms with Crippen molar-refractivity contribution in [1.82, 2.24) is 10.2 Å². The summed E-state index contributed by atoms with van der Waals surface area (Å²) in [4.78, 5) is 14.7. The summed E-state index contributed by atoms with van der Waals surface area (Å²) < 4.78 is 5.33. The van der Waals surface area contributed by atoms with E-state index in [2.05, 4.69) is 26.1 Å². The van der Waals surface area contributed by atoms with Crippen LogP contribution in [-0.2, 0) is 9.53 Å². The van der Waals surface area contributed by atoms with Gasteiger partial charge in [-0.25, -0.2) is 0 Å². The molecule has 18 heavy (non-hydrogen) atoms. The summed E-state index contributed by atoms with van der Waals surface area (Å²) in [5.41, 5.74) is -0.427. The van der Waals surface area contributed by atoms with Gasteiger partial charge in [0.2, 0.25) is 5.91 Å². The van der Waals surface area contributed by atoms with Gasteiger partial charge in [-0.1, -0.05) is 6.92 Å². The Hall–Kier alpha value is -0.610. The Morgan fingerprint density at radius 2 is 1.94 bits per heavy atom. The molecular weight excluding hydrogens is 228 g/mol. The fourth-order valence-corrected chi connectivity index (χ4v) is 2.47. The molecule has 1 rings (SSSR count). The largest absolute Gasteiger partial charge is 0.384 e. The second-order valence-corrected chi connectivity index (χ2v) is 5.99. The van der Waals surface area contributed by atoms with E-state index < -0.39 is 0 Å². The quantitative estimate of drug-likeness (QED) is 0.813. The zero-order valence-corrected chi connectivity index (χ0v) is 12.5. The molecule has 0 aromatic rings. The lowest BCUT2D eigenvalue weighted by Gasteiger charge is -2.44. The van der Waals surface area contributed by atoms with Gasteiger partial charge < -0.3 is 15.0 Å². The number of ether oxygens (including phenoxy) is 1. The van der Waals surface area contributed by atoms with Crippen LogP contribution < -0.4 is 5.32 Å². The molecule has 0 bridgehead atoms. The summed E-state index contributed by atoms with van der Waals surface area (Å²) >= 11 is 0. The third-order valence-electron chi connectivity index (χ3n) is 4.51. The van der Waals surface area contributed by atoms with Crippen LogP contribution in [0.1, 0.15) is 40.0 Å². The molecule has 1 heterocycles. The van der Waals surface area contributed by atoms with Crippen LogP contribution in [0.5, 0.6) is 0 Å². The summed E-state index contributed by atoms with van der Waals surface area (Å²) in [5.74, 6) is 0.234. The number of carbonyl (C=O) groups is 1. The predicted molar refractivity (Wildman–Crippen MR) is 73.6 cm³/mol. The van der Waals surface area contributed by atoms with Crippen molar-refractivity contribution in [3.05, 3.63) is 0 Å². The predicted octanol–water partition coefficient (Wildman–Crippen LogP) is 1.65. The second-order valence-electron chi connectivity index (χ2n) is 5.99. The standard InChI is InChI=1S/C14H28N2O2/c1-6-13(2,3)16(4)12(17)14(11-18-5)7-9-15-10-8-14/h15H,6-11H2,1-5H3. The van der Waals surface area contributed by atoms with Gasteiger partial charge in [-0.15, -0.1) is 0 Å². The fraction of sp³-hybridized carbons (Fsp3) is 0.929. The van der Waals surface area contributed by atoms with Gasteiger partial charge in [-0.05, 0) is 46.2 Å². The molecule has 0 unspecified atom stereocenters. The molecule has 1 aliphatic heterocycles. The molecule has 0 saturated carbocycles. The summed E-state index contributed by atoms with van der Waals surface area (Å²) in [6.45, 7) is 8.68. The lowest BCUT2D eigenvalue weighted by atomic mass is 9.77. The number of hydrogen-bond donors (Lipinski definition) is 1. The van der Waals surface area contributed by atoms with Crippen molar-refractivity contribution in [2.45, 2.75) is 45.6 Å².